The summed E-state index contributed by atoms with van der Waals surface area (Å²) in [5.41, 5.74) is -0.788. The van der Waals surface area contributed by atoms with Crippen LogP contribution in [0, 0.1) is 0 Å². The zero-order chi connectivity index (χ0) is 16.4. The first-order valence-corrected chi connectivity index (χ1v) is 8.38. The van der Waals surface area contributed by atoms with Gasteiger partial charge in [-0.25, -0.2) is 4.68 Å². The SMILES string of the molecule is O=C(Cn1[nH]c(=O)c2ccccc2c1=O)NCc1ccc(Br)s1. The van der Waals surface area contributed by atoms with Crippen molar-refractivity contribution in [3.05, 3.63) is 65.8 Å². The van der Waals surface area contributed by atoms with E-state index in [1.807, 2.05) is 12.1 Å². The van der Waals surface area contributed by atoms with Crippen molar-refractivity contribution in [3.63, 3.8) is 0 Å². The Labute approximate surface area is 142 Å². The minimum Gasteiger partial charge on any atom is -0.350 e. The predicted octanol–water partition coefficient (Wildman–Crippen LogP) is 1.83. The first kappa shape index (κ1) is 15.7. The molecule has 0 unspecified atom stereocenters. The van der Waals surface area contributed by atoms with Crippen molar-refractivity contribution in [2.24, 2.45) is 0 Å². The third-order valence-electron chi connectivity index (χ3n) is 3.27. The molecule has 0 saturated heterocycles. The third kappa shape index (κ3) is 3.43. The smallest absolute Gasteiger partial charge is 0.273 e. The highest BCUT2D eigenvalue weighted by molar-refractivity contribution is 9.11. The van der Waals surface area contributed by atoms with Gasteiger partial charge in [0.1, 0.15) is 6.54 Å². The van der Waals surface area contributed by atoms with Crippen LogP contribution in [0.1, 0.15) is 4.88 Å². The van der Waals surface area contributed by atoms with Gasteiger partial charge in [0.25, 0.3) is 11.1 Å². The predicted molar refractivity (Wildman–Crippen MR) is 92.7 cm³/mol. The second kappa shape index (κ2) is 6.51. The van der Waals surface area contributed by atoms with Gasteiger partial charge in [-0.15, -0.1) is 11.3 Å². The van der Waals surface area contributed by atoms with Crippen LogP contribution in [0.4, 0.5) is 0 Å². The quantitative estimate of drug-likeness (QED) is 0.708. The Balaban J connectivity index is 1.78. The fourth-order valence-corrected chi connectivity index (χ4v) is 3.61. The van der Waals surface area contributed by atoms with E-state index in [2.05, 4.69) is 26.3 Å². The second-order valence-electron chi connectivity index (χ2n) is 4.86. The van der Waals surface area contributed by atoms with Gasteiger partial charge in [-0.3, -0.25) is 19.5 Å². The van der Waals surface area contributed by atoms with Gasteiger partial charge in [0.15, 0.2) is 0 Å². The molecule has 6 nitrogen and oxygen atoms in total. The number of carbonyl (C=O) groups excluding carboxylic acids is 1. The van der Waals surface area contributed by atoms with Crippen molar-refractivity contribution in [1.82, 2.24) is 15.1 Å². The van der Waals surface area contributed by atoms with Crippen LogP contribution in [0.15, 0.2) is 49.8 Å². The molecule has 8 heteroatoms. The number of hydrogen-bond acceptors (Lipinski definition) is 4. The first-order valence-electron chi connectivity index (χ1n) is 6.77. The normalized spacial score (nSPS) is 10.8. The van der Waals surface area contributed by atoms with Crippen molar-refractivity contribution in [2.45, 2.75) is 13.1 Å². The monoisotopic (exact) mass is 393 g/mol. The lowest BCUT2D eigenvalue weighted by Gasteiger charge is -2.07. The number of thiophene rings is 1. The topological polar surface area (TPSA) is 84.0 Å². The van der Waals surface area contributed by atoms with E-state index >= 15 is 0 Å². The van der Waals surface area contributed by atoms with E-state index in [-0.39, 0.29) is 12.5 Å². The summed E-state index contributed by atoms with van der Waals surface area (Å²) < 4.78 is 2.02. The summed E-state index contributed by atoms with van der Waals surface area (Å²) >= 11 is 4.87. The Hall–Kier alpha value is -2.19. The number of H-pyrrole nitrogens is 1. The van der Waals surface area contributed by atoms with Crippen molar-refractivity contribution >= 4 is 43.9 Å². The molecule has 0 aliphatic carbocycles. The van der Waals surface area contributed by atoms with Gasteiger partial charge in [-0.05, 0) is 40.2 Å². The molecule has 3 aromatic rings. The summed E-state index contributed by atoms with van der Waals surface area (Å²) in [4.78, 5) is 37.2. The molecule has 2 heterocycles. The molecule has 0 fully saturated rings. The Morgan fingerprint density at radius 1 is 1.17 bits per heavy atom. The number of aromatic nitrogens is 2. The summed E-state index contributed by atoms with van der Waals surface area (Å²) in [5, 5.41) is 5.77. The van der Waals surface area contributed by atoms with Crippen LogP contribution in [0.25, 0.3) is 10.8 Å². The van der Waals surface area contributed by atoms with E-state index in [1.165, 1.54) is 11.3 Å². The summed E-state index contributed by atoms with van der Waals surface area (Å²) in [6, 6.07) is 10.3. The van der Waals surface area contributed by atoms with Crippen LogP contribution in [-0.4, -0.2) is 15.7 Å². The molecule has 0 atom stereocenters. The van der Waals surface area contributed by atoms with Crippen molar-refractivity contribution in [3.8, 4) is 0 Å². The molecule has 1 amide bonds. The highest BCUT2D eigenvalue weighted by atomic mass is 79.9. The lowest BCUT2D eigenvalue weighted by atomic mass is 10.2. The molecule has 3 rings (SSSR count). The van der Waals surface area contributed by atoms with Gasteiger partial charge >= 0.3 is 0 Å². The van der Waals surface area contributed by atoms with Crippen LogP contribution in [0.5, 0.6) is 0 Å². The Bertz CT molecular complexity index is 989. The van der Waals surface area contributed by atoms with Gasteiger partial charge in [0.05, 0.1) is 21.1 Å². The van der Waals surface area contributed by atoms with E-state index in [0.29, 0.717) is 17.3 Å². The van der Waals surface area contributed by atoms with Gasteiger partial charge in [-0.2, -0.15) is 0 Å². The van der Waals surface area contributed by atoms with Gasteiger partial charge in [-0.1, -0.05) is 12.1 Å². The Morgan fingerprint density at radius 3 is 2.61 bits per heavy atom. The first-order chi connectivity index (χ1) is 11.0. The van der Waals surface area contributed by atoms with E-state index in [9.17, 15) is 14.4 Å². The molecule has 0 saturated carbocycles. The van der Waals surface area contributed by atoms with E-state index < -0.39 is 11.1 Å². The second-order valence-corrected chi connectivity index (χ2v) is 7.41. The van der Waals surface area contributed by atoms with Crippen LogP contribution in [-0.2, 0) is 17.9 Å². The Morgan fingerprint density at radius 2 is 1.91 bits per heavy atom. The zero-order valence-corrected chi connectivity index (χ0v) is 14.2. The molecule has 0 aliphatic rings. The van der Waals surface area contributed by atoms with E-state index in [0.717, 1.165) is 13.3 Å². The highest BCUT2D eigenvalue weighted by Gasteiger charge is 2.10. The molecule has 0 radical (unpaired) electrons. The van der Waals surface area contributed by atoms with Crippen LogP contribution in [0.3, 0.4) is 0 Å². The number of nitrogens with one attached hydrogen (secondary N) is 2. The fraction of sp³-hybridized carbons (Fsp3) is 0.133. The summed E-state index contributed by atoms with van der Waals surface area (Å²) in [6.07, 6.45) is 0. The van der Waals surface area contributed by atoms with Crippen molar-refractivity contribution in [1.29, 1.82) is 0 Å². The summed E-state index contributed by atoms with van der Waals surface area (Å²) in [7, 11) is 0. The van der Waals surface area contributed by atoms with E-state index in [1.54, 1.807) is 24.3 Å². The lowest BCUT2D eigenvalue weighted by Crippen LogP contribution is -2.36. The number of halogens is 1. The average molecular weight is 394 g/mol. The molecule has 2 N–H and O–H groups in total. The molecule has 23 heavy (non-hydrogen) atoms. The number of rotatable bonds is 4. The zero-order valence-electron chi connectivity index (χ0n) is 11.8. The maximum Gasteiger partial charge on any atom is 0.273 e. The molecule has 2 aromatic heterocycles. The van der Waals surface area contributed by atoms with Crippen molar-refractivity contribution in [2.75, 3.05) is 0 Å². The standard InChI is InChI=1S/C15H12BrN3O3S/c16-12-6-5-9(23-12)7-17-13(20)8-19-15(22)11-4-2-1-3-10(11)14(21)18-19/h1-6H,7-8H2,(H,17,20)(H,18,21). The molecule has 118 valence electrons. The summed E-state index contributed by atoms with van der Waals surface area (Å²) in [6.45, 7) is 0.146. The number of benzene rings is 1. The Kier molecular flexibility index (Phi) is 4.44. The molecule has 0 spiro atoms. The minimum absolute atomic E-state index is 0.231. The fourth-order valence-electron chi connectivity index (χ4n) is 2.19. The maximum atomic E-state index is 12.3. The summed E-state index contributed by atoms with van der Waals surface area (Å²) in [5.74, 6) is -0.345. The average Bonchev–Trinajstić information content (AvgIpc) is 2.96. The van der Waals surface area contributed by atoms with Gasteiger partial charge in [0, 0.05) is 4.88 Å². The molecule has 1 aromatic carbocycles. The highest BCUT2D eigenvalue weighted by Crippen LogP contribution is 2.21. The third-order valence-corrected chi connectivity index (χ3v) is 4.90. The largest absolute Gasteiger partial charge is 0.350 e. The molecular formula is C15H12BrN3O3S. The van der Waals surface area contributed by atoms with Crippen LogP contribution >= 0.6 is 27.3 Å². The minimum atomic E-state index is -0.394. The number of nitrogens with zero attached hydrogens (tertiary/aromatic N) is 1. The van der Waals surface area contributed by atoms with Gasteiger partial charge < -0.3 is 5.32 Å². The van der Waals surface area contributed by atoms with E-state index in [4.69, 9.17) is 0 Å². The number of aromatic amines is 1. The molecular weight excluding hydrogens is 382 g/mol. The van der Waals surface area contributed by atoms with Crippen LogP contribution in [0.2, 0.25) is 0 Å². The maximum absolute atomic E-state index is 12.3. The number of carbonyl (C=O) groups is 1. The van der Waals surface area contributed by atoms with Crippen molar-refractivity contribution < 1.29 is 4.79 Å². The molecule has 0 bridgehead atoms. The lowest BCUT2D eigenvalue weighted by molar-refractivity contribution is -0.122. The number of amides is 1. The number of hydrogen-bond donors (Lipinski definition) is 2. The number of fused-ring (bicyclic) bond motifs is 1. The van der Waals surface area contributed by atoms with Crippen LogP contribution < -0.4 is 16.4 Å². The molecule has 0 aliphatic heterocycles. The van der Waals surface area contributed by atoms with Gasteiger partial charge in [0.2, 0.25) is 5.91 Å².